The Bertz CT molecular complexity index is 824. The van der Waals surface area contributed by atoms with E-state index in [1.165, 1.54) is 6.07 Å². The van der Waals surface area contributed by atoms with Gasteiger partial charge in [0.25, 0.3) is 0 Å². The van der Waals surface area contributed by atoms with Crippen molar-refractivity contribution in [3.8, 4) is 5.75 Å². The normalized spacial score (nSPS) is 11.6. The molecule has 138 valence electrons. The third-order valence-electron chi connectivity index (χ3n) is 3.66. The Balaban J connectivity index is 2.10. The van der Waals surface area contributed by atoms with Gasteiger partial charge in [-0.2, -0.15) is 0 Å². The molecule has 26 heavy (non-hydrogen) atoms. The number of benzene rings is 2. The monoisotopic (exact) mass is 394 g/mol. The highest BCUT2D eigenvalue weighted by molar-refractivity contribution is 6.42. The summed E-state index contributed by atoms with van der Waals surface area (Å²) in [5.41, 5.74) is 2.10. The summed E-state index contributed by atoms with van der Waals surface area (Å²) in [4.78, 5) is 24.4. The van der Waals surface area contributed by atoms with E-state index < -0.39 is 17.9 Å². The fourth-order valence-electron chi connectivity index (χ4n) is 2.41. The Morgan fingerprint density at radius 3 is 2.54 bits per heavy atom. The number of carbonyl (C=O) groups excluding carboxylic acids is 2. The molecule has 0 aliphatic carbocycles. The lowest BCUT2D eigenvalue weighted by molar-refractivity contribution is -0.136. The molecule has 0 saturated carbocycles. The Morgan fingerprint density at radius 1 is 1.12 bits per heavy atom. The molecular weight excluding hydrogens is 375 g/mol. The van der Waals surface area contributed by atoms with Crippen LogP contribution < -0.4 is 15.4 Å². The van der Waals surface area contributed by atoms with Gasteiger partial charge in [0.15, 0.2) is 0 Å². The van der Waals surface area contributed by atoms with E-state index in [0.717, 1.165) is 11.1 Å². The quantitative estimate of drug-likeness (QED) is 0.732. The van der Waals surface area contributed by atoms with Gasteiger partial charge < -0.3 is 15.4 Å². The van der Waals surface area contributed by atoms with Crippen molar-refractivity contribution < 1.29 is 14.3 Å². The first-order chi connectivity index (χ1) is 12.3. The molecule has 0 aliphatic heterocycles. The average molecular weight is 395 g/mol. The van der Waals surface area contributed by atoms with Gasteiger partial charge in [0.05, 0.1) is 23.4 Å². The van der Waals surface area contributed by atoms with Crippen LogP contribution in [0.2, 0.25) is 10.0 Å². The van der Waals surface area contributed by atoms with Crippen LogP contribution in [-0.2, 0) is 9.59 Å². The molecule has 0 aliphatic rings. The highest BCUT2D eigenvalue weighted by Gasteiger charge is 2.20. The first-order valence-electron chi connectivity index (χ1n) is 8.12. The maximum Gasteiger partial charge on any atom is 0.313 e. The van der Waals surface area contributed by atoms with Gasteiger partial charge in [0.1, 0.15) is 5.75 Å². The summed E-state index contributed by atoms with van der Waals surface area (Å²) in [6.45, 7) is 6.12. The van der Waals surface area contributed by atoms with Crippen molar-refractivity contribution in [1.29, 1.82) is 0 Å². The summed E-state index contributed by atoms with van der Waals surface area (Å²) in [6, 6.07) is 9.90. The van der Waals surface area contributed by atoms with E-state index in [9.17, 15) is 9.59 Å². The second kappa shape index (κ2) is 8.92. The van der Waals surface area contributed by atoms with Gasteiger partial charge in [-0.15, -0.1) is 0 Å². The molecule has 0 bridgehead atoms. The lowest BCUT2D eigenvalue weighted by Crippen LogP contribution is -2.37. The van der Waals surface area contributed by atoms with E-state index in [2.05, 4.69) is 10.6 Å². The minimum atomic E-state index is -0.827. The predicted octanol–water partition coefficient (Wildman–Crippen LogP) is 4.52. The number of rotatable bonds is 5. The number of anilines is 1. The van der Waals surface area contributed by atoms with E-state index in [1.54, 1.807) is 19.1 Å². The number of ether oxygens (including phenoxy) is 1. The second-order valence-electron chi connectivity index (χ2n) is 5.75. The molecule has 0 saturated heterocycles. The van der Waals surface area contributed by atoms with Crippen LogP contribution >= 0.6 is 23.2 Å². The fourth-order valence-corrected chi connectivity index (χ4v) is 2.74. The van der Waals surface area contributed by atoms with Gasteiger partial charge in [-0.3, -0.25) is 9.59 Å². The Hall–Kier alpha value is -2.24. The Kier molecular flexibility index (Phi) is 6.89. The fraction of sp³-hybridized carbons (Fsp3) is 0.263. The topological polar surface area (TPSA) is 67.4 Å². The molecule has 0 fully saturated rings. The zero-order valence-corrected chi connectivity index (χ0v) is 16.2. The molecule has 1 atom stereocenters. The van der Waals surface area contributed by atoms with Crippen molar-refractivity contribution in [3.63, 3.8) is 0 Å². The van der Waals surface area contributed by atoms with Gasteiger partial charge in [0, 0.05) is 10.6 Å². The third kappa shape index (κ3) is 5.13. The minimum Gasteiger partial charge on any atom is -0.494 e. The zero-order chi connectivity index (χ0) is 19.3. The number of nitrogens with one attached hydrogen (secondary N) is 2. The van der Waals surface area contributed by atoms with Crippen LogP contribution in [0.4, 0.5) is 5.69 Å². The molecule has 2 rings (SSSR count). The minimum absolute atomic E-state index is 0.275. The van der Waals surface area contributed by atoms with Gasteiger partial charge in [-0.05, 0) is 45.0 Å². The smallest absolute Gasteiger partial charge is 0.313 e. The SMILES string of the molecule is CCOc1ccc(C)cc1C(C)NC(=O)C(=O)Nc1cc(Cl)ccc1Cl. The van der Waals surface area contributed by atoms with E-state index in [-0.39, 0.29) is 5.69 Å². The molecule has 0 aromatic heterocycles. The van der Waals surface area contributed by atoms with Crippen LogP contribution in [0.3, 0.4) is 0 Å². The molecule has 7 heteroatoms. The molecule has 1 unspecified atom stereocenters. The molecule has 2 aromatic carbocycles. The number of carbonyl (C=O) groups is 2. The van der Waals surface area contributed by atoms with Gasteiger partial charge in [0.2, 0.25) is 0 Å². The highest BCUT2D eigenvalue weighted by Crippen LogP contribution is 2.27. The highest BCUT2D eigenvalue weighted by atomic mass is 35.5. The number of halogens is 2. The van der Waals surface area contributed by atoms with Crippen LogP contribution in [0.25, 0.3) is 0 Å². The summed E-state index contributed by atoms with van der Waals surface area (Å²) in [5.74, 6) is -0.937. The largest absolute Gasteiger partial charge is 0.494 e. The Morgan fingerprint density at radius 2 is 1.85 bits per heavy atom. The third-order valence-corrected chi connectivity index (χ3v) is 4.23. The molecule has 2 aromatic rings. The molecule has 2 amide bonds. The van der Waals surface area contributed by atoms with Crippen LogP contribution in [0.15, 0.2) is 36.4 Å². The predicted molar refractivity (Wildman–Crippen MR) is 104 cm³/mol. The van der Waals surface area contributed by atoms with Crippen molar-refractivity contribution in [3.05, 3.63) is 57.6 Å². The molecule has 0 radical (unpaired) electrons. The molecule has 5 nitrogen and oxygen atoms in total. The molecule has 0 heterocycles. The number of hydrogen-bond donors (Lipinski definition) is 2. The number of amides is 2. The van der Waals surface area contributed by atoms with Crippen molar-refractivity contribution in [1.82, 2.24) is 5.32 Å². The van der Waals surface area contributed by atoms with Crippen LogP contribution in [-0.4, -0.2) is 18.4 Å². The standard InChI is InChI=1S/C19H20Cl2N2O3/c1-4-26-17-8-5-11(2)9-14(17)12(3)22-18(24)19(25)23-16-10-13(20)6-7-15(16)21/h5-10,12H,4H2,1-3H3,(H,22,24)(H,23,25). The summed E-state index contributed by atoms with van der Waals surface area (Å²) in [6.07, 6.45) is 0. The zero-order valence-electron chi connectivity index (χ0n) is 14.7. The van der Waals surface area contributed by atoms with E-state index in [1.807, 2.05) is 32.0 Å². The van der Waals surface area contributed by atoms with E-state index in [0.29, 0.717) is 22.4 Å². The average Bonchev–Trinajstić information content (AvgIpc) is 2.59. The van der Waals surface area contributed by atoms with Gasteiger partial charge >= 0.3 is 11.8 Å². The first-order valence-corrected chi connectivity index (χ1v) is 8.87. The molecule has 2 N–H and O–H groups in total. The maximum atomic E-state index is 12.2. The molecule has 0 spiro atoms. The summed E-state index contributed by atoms with van der Waals surface area (Å²) in [5, 5.41) is 5.82. The van der Waals surface area contributed by atoms with E-state index >= 15 is 0 Å². The number of hydrogen-bond acceptors (Lipinski definition) is 3. The maximum absolute atomic E-state index is 12.2. The lowest BCUT2D eigenvalue weighted by Gasteiger charge is -2.18. The van der Waals surface area contributed by atoms with Crippen molar-refractivity contribution in [2.75, 3.05) is 11.9 Å². The van der Waals surface area contributed by atoms with Crippen LogP contribution in [0.5, 0.6) is 5.75 Å². The van der Waals surface area contributed by atoms with E-state index in [4.69, 9.17) is 27.9 Å². The van der Waals surface area contributed by atoms with Crippen LogP contribution in [0.1, 0.15) is 31.0 Å². The van der Waals surface area contributed by atoms with Crippen molar-refractivity contribution in [2.45, 2.75) is 26.8 Å². The number of aryl methyl sites for hydroxylation is 1. The lowest BCUT2D eigenvalue weighted by atomic mass is 10.0. The summed E-state index contributed by atoms with van der Waals surface area (Å²) < 4.78 is 5.60. The second-order valence-corrected chi connectivity index (χ2v) is 6.59. The van der Waals surface area contributed by atoms with Gasteiger partial charge in [-0.25, -0.2) is 0 Å². The summed E-state index contributed by atoms with van der Waals surface area (Å²) >= 11 is 11.9. The molecular formula is C19H20Cl2N2O3. The van der Waals surface area contributed by atoms with Crippen LogP contribution in [0, 0.1) is 6.92 Å². The van der Waals surface area contributed by atoms with Gasteiger partial charge in [-0.1, -0.05) is 40.9 Å². The summed E-state index contributed by atoms with van der Waals surface area (Å²) in [7, 11) is 0. The first kappa shape index (κ1) is 20.1. The Labute approximate surface area is 162 Å². The van der Waals surface area contributed by atoms with Crippen molar-refractivity contribution in [2.24, 2.45) is 0 Å². The van der Waals surface area contributed by atoms with Crippen molar-refractivity contribution >= 4 is 40.7 Å².